The zero-order chi connectivity index (χ0) is 25.0. The van der Waals surface area contributed by atoms with E-state index in [4.69, 9.17) is 4.74 Å². The lowest BCUT2D eigenvalue weighted by molar-refractivity contribution is -0.116. The number of ether oxygens (including phenoxy) is 1. The van der Waals surface area contributed by atoms with Crippen molar-refractivity contribution in [1.29, 1.82) is 0 Å². The van der Waals surface area contributed by atoms with Gasteiger partial charge in [0.25, 0.3) is 5.91 Å². The van der Waals surface area contributed by atoms with Crippen LogP contribution in [0.3, 0.4) is 0 Å². The number of aryl methyl sites for hydroxylation is 1. The summed E-state index contributed by atoms with van der Waals surface area (Å²) in [5.74, 6) is -3.86. The topological polar surface area (TPSA) is 109 Å². The van der Waals surface area contributed by atoms with Gasteiger partial charge in [0.15, 0.2) is 17.2 Å². The first-order chi connectivity index (χ1) is 16.1. The van der Waals surface area contributed by atoms with Gasteiger partial charge < -0.3 is 14.7 Å². The van der Waals surface area contributed by atoms with Crippen LogP contribution < -0.4 is 10.4 Å². The molecule has 2 aromatic rings. The van der Waals surface area contributed by atoms with Crippen molar-refractivity contribution in [2.24, 2.45) is 0 Å². The predicted octanol–water partition coefficient (Wildman–Crippen LogP) is 1.62. The van der Waals surface area contributed by atoms with E-state index in [2.05, 4.69) is 0 Å². The number of hydrogen-bond acceptors (Lipinski definition) is 7. The molecular formula is C23H25F2N3O6. The summed E-state index contributed by atoms with van der Waals surface area (Å²) < 4.78 is 33.2. The second-order valence-electron chi connectivity index (χ2n) is 7.96. The second-order valence-corrected chi connectivity index (χ2v) is 7.96. The monoisotopic (exact) mass is 477 g/mol. The van der Waals surface area contributed by atoms with Crippen LogP contribution in [0.15, 0.2) is 29.2 Å². The average molecular weight is 477 g/mol. The Labute approximate surface area is 194 Å². The van der Waals surface area contributed by atoms with Crippen molar-refractivity contribution in [1.82, 2.24) is 9.58 Å². The largest absolute Gasteiger partial charge is 0.502 e. The minimum atomic E-state index is -1.02. The maximum Gasteiger partial charge on any atom is 0.277 e. The van der Waals surface area contributed by atoms with E-state index in [1.807, 2.05) is 0 Å². The molecule has 1 aromatic heterocycles. The van der Waals surface area contributed by atoms with Crippen LogP contribution >= 0.6 is 0 Å². The molecule has 182 valence electrons. The number of ketones is 2. The molecular weight excluding hydrogens is 452 g/mol. The fourth-order valence-corrected chi connectivity index (χ4v) is 3.64. The number of benzene rings is 1. The lowest BCUT2D eigenvalue weighted by Gasteiger charge is -2.39. The van der Waals surface area contributed by atoms with E-state index in [0.29, 0.717) is 6.07 Å². The first-order valence-corrected chi connectivity index (χ1v) is 10.6. The van der Waals surface area contributed by atoms with Crippen molar-refractivity contribution in [3.8, 4) is 5.75 Å². The molecule has 0 spiro atoms. The number of pyridine rings is 1. The molecule has 11 heteroatoms. The van der Waals surface area contributed by atoms with Crippen molar-refractivity contribution in [3.63, 3.8) is 0 Å². The highest BCUT2D eigenvalue weighted by molar-refractivity contribution is 6.00. The summed E-state index contributed by atoms with van der Waals surface area (Å²) in [5.41, 5.74) is -1.62. The van der Waals surface area contributed by atoms with Gasteiger partial charge in [0.1, 0.15) is 24.1 Å². The zero-order valence-electron chi connectivity index (χ0n) is 18.8. The van der Waals surface area contributed by atoms with Gasteiger partial charge in [0, 0.05) is 45.3 Å². The highest BCUT2D eigenvalue weighted by Crippen LogP contribution is 2.22. The molecule has 3 rings (SSSR count). The second kappa shape index (κ2) is 10.6. The lowest BCUT2D eigenvalue weighted by Crippen LogP contribution is -2.55. The van der Waals surface area contributed by atoms with Crippen molar-refractivity contribution in [2.45, 2.75) is 26.2 Å². The van der Waals surface area contributed by atoms with E-state index in [1.165, 1.54) is 29.7 Å². The molecule has 2 heterocycles. The number of rotatable bonds is 10. The third-order valence-corrected chi connectivity index (χ3v) is 5.52. The van der Waals surface area contributed by atoms with E-state index in [0.717, 1.165) is 12.3 Å². The van der Waals surface area contributed by atoms with E-state index in [1.54, 1.807) is 5.01 Å². The number of aromatic nitrogens is 1. The molecule has 1 aromatic carbocycles. The molecule has 0 saturated heterocycles. The van der Waals surface area contributed by atoms with Crippen LogP contribution in [0.1, 0.15) is 46.2 Å². The van der Waals surface area contributed by atoms with Crippen LogP contribution in [0.25, 0.3) is 0 Å². The smallest absolute Gasteiger partial charge is 0.277 e. The zero-order valence-corrected chi connectivity index (χ0v) is 18.8. The highest BCUT2D eigenvalue weighted by atomic mass is 19.1. The van der Waals surface area contributed by atoms with Gasteiger partial charge in [-0.15, -0.1) is 0 Å². The average Bonchev–Trinajstić information content (AvgIpc) is 2.78. The Balaban J connectivity index is 1.95. The Bertz CT molecular complexity index is 1180. The molecule has 1 aliphatic heterocycles. The number of amides is 1. The number of fused-ring (bicyclic) bond motifs is 1. The third-order valence-electron chi connectivity index (χ3n) is 5.52. The SMILES string of the molecule is COCCN1CN(CCC(C)=O)n2cc(C(=O)CCc3ccc(F)cc3F)c(=O)c(O)c2C1=O. The minimum absolute atomic E-state index is 0.0409. The number of methoxy groups -OCH3 is 1. The molecule has 0 fully saturated rings. The first-order valence-electron chi connectivity index (χ1n) is 10.6. The lowest BCUT2D eigenvalue weighted by atomic mass is 10.0. The number of nitrogens with zero attached hydrogens (tertiary/aromatic N) is 3. The van der Waals surface area contributed by atoms with E-state index in [9.17, 15) is 33.1 Å². The quantitative estimate of drug-likeness (QED) is 0.518. The Morgan fingerprint density at radius 2 is 1.88 bits per heavy atom. The van der Waals surface area contributed by atoms with Gasteiger partial charge in [-0.3, -0.25) is 28.9 Å². The van der Waals surface area contributed by atoms with E-state index in [-0.39, 0.29) is 68.2 Å². The molecule has 0 saturated carbocycles. The van der Waals surface area contributed by atoms with Crippen LogP contribution in [0.5, 0.6) is 5.75 Å². The van der Waals surface area contributed by atoms with E-state index < -0.39 is 34.5 Å². The fourth-order valence-electron chi connectivity index (χ4n) is 3.64. The number of carbonyl (C=O) groups excluding carboxylic acids is 3. The van der Waals surface area contributed by atoms with Gasteiger partial charge in [0.05, 0.1) is 12.2 Å². The summed E-state index contributed by atoms with van der Waals surface area (Å²) in [7, 11) is 1.47. The minimum Gasteiger partial charge on any atom is -0.502 e. The van der Waals surface area contributed by atoms with Crippen LogP contribution in [-0.4, -0.2) is 65.6 Å². The molecule has 0 bridgehead atoms. The van der Waals surface area contributed by atoms with Gasteiger partial charge in [-0.2, -0.15) is 0 Å². The van der Waals surface area contributed by atoms with Crippen molar-refractivity contribution in [3.05, 3.63) is 63.1 Å². The van der Waals surface area contributed by atoms with Gasteiger partial charge in [-0.1, -0.05) is 6.07 Å². The molecule has 0 unspecified atom stereocenters. The molecule has 34 heavy (non-hydrogen) atoms. The third kappa shape index (κ3) is 5.30. The summed E-state index contributed by atoms with van der Waals surface area (Å²) in [5, 5.41) is 12.1. The fraction of sp³-hybridized carbons (Fsp3) is 0.391. The maximum atomic E-state index is 13.9. The van der Waals surface area contributed by atoms with Gasteiger partial charge in [0.2, 0.25) is 5.43 Å². The van der Waals surface area contributed by atoms with Gasteiger partial charge in [-0.05, 0) is 25.0 Å². The number of hydrogen-bond donors (Lipinski definition) is 1. The van der Waals surface area contributed by atoms with E-state index >= 15 is 0 Å². The number of halogens is 2. The van der Waals surface area contributed by atoms with Crippen LogP contribution in [0.4, 0.5) is 8.78 Å². The molecule has 0 atom stereocenters. The molecule has 9 nitrogen and oxygen atoms in total. The number of Topliss-reactive ketones (excluding diaryl/α,β-unsaturated/α-hetero) is 2. The summed E-state index contributed by atoms with van der Waals surface area (Å²) in [6.45, 7) is 2.01. The Hall–Kier alpha value is -3.60. The van der Waals surface area contributed by atoms with Crippen LogP contribution in [-0.2, 0) is 16.0 Å². The summed E-state index contributed by atoms with van der Waals surface area (Å²) in [6, 6.07) is 2.98. The number of carbonyl (C=O) groups is 3. The Morgan fingerprint density at radius 3 is 2.53 bits per heavy atom. The van der Waals surface area contributed by atoms with Crippen LogP contribution in [0, 0.1) is 11.6 Å². The van der Waals surface area contributed by atoms with Crippen molar-refractivity contribution < 1.29 is 33.0 Å². The molecule has 1 amide bonds. The van der Waals surface area contributed by atoms with Crippen LogP contribution in [0.2, 0.25) is 0 Å². The molecule has 1 N–H and O–H groups in total. The van der Waals surface area contributed by atoms with Crippen molar-refractivity contribution >= 4 is 17.5 Å². The predicted molar refractivity (Wildman–Crippen MR) is 118 cm³/mol. The van der Waals surface area contributed by atoms with Gasteiger partial charge in [-0.25, -0.2) is 8.78 Å². The first kappa shape index (κ1) is 25.0. The normalized spacial score (nSPS) is 13.2. The van der Waals surface area contributed by atoms with Crippen molar-refractivity contribution in [2.75, 3.05) is 38.5 Å². The number of aromatic hydroxyl groups is 1. The maximum absolute atomic E-state index is 13.9. The highest BCUT2D eigenvalue weighted by Gasteiger charge is 2.34. The Kier molecular flexibility index (Phi) is 7.77. The Morgan fingerprint density at radius 1 is 1.15 bits per heavy atom. The standard InChI is InChI=1S/C23H25F2N3O6/c1-14(29)7-8-27-13-26(9-10-34-2)23(33)20-22(32)21(31)17(12-28(20)27)19(30)6-4-15-3-5-16(24)11-18(15)25/h3,5,11-12,32H,4,6-10,13H2,1-2H3. The summed E-state index contributed by atoms with van der Waals surface area (Å²) in [4.78, 5) is 51.4. The summed E-state index contributed by atoms with van der Waals surface area (Å²) in [6.07, 6.45) is 0.917. The molecule has 0 radical (unpaired) electrons. The summed E-state index contributed by atoms with van der Waals surface area (Å²) >= 11 is 0. The molecule has 0 aliphatic carbocycles. The molecule has 1 aliphatic rings. The van der Waals surface area contributed by atoms with Gasteiger partial charge >= 0.3 is 0 Å².